The minimum absolute atomic E-state index is 0.0602. The van der Waals surface area contributed by atoms with Crippen LogP contribution in [0.3, 0.4) is 0 Å². The quantitative estimate of drug-likeness (QED) is 0.852. The predicted molar refractivity (Wildman–Crippen MR) is 81.5 cm³/mol. The zero-order chi connectivity index (χ0) is 14.8. The van der Waals surface area contributed by atoms with E-state index in [1.165, 1.54) is 11.3 Å². The van der Waals surface area contributed by atoms with Crippen molar-refractivity contribution in [3.05, 3.63) is 46.4 Å². The van der Waals surface area contributed by atoms with E-state index in [2.05, 4.69) is 4.98 Å². The van der Waals surface area contributed by atoms with Crippen molar-refractivity contribution >= 4 is 28.8 Å². The number of hydrogen-bond acceptors (Lipinski definition) is 4. The maximum absolute atomic E-state index is 12.3. The van der Waals surface area contributed by atoms with E-state index in [1.54, 1.807) is 21.4 Å². The first-order valence-electron chi connectivity index (χ1n) is 6.71. The van der Waals surface area contributed by atoms with Crippen molar-refractivity contribution in [3.63, 3.8) is 0 Å². The summed E-state index contributed by atoms with van der Waals surface area (Å²) in [6, 6.07) is 7.84. The van der Waals surface area contributed by atoms with Crippen LogP contribution in [0.5, 0.6) is 0 Å². The molecule has 3 rings (SSSR count). The van der Waals surface area contributed by atoms with Crippen LogP contribution in [0.2, 0.25) is 0 Å². The van der Waals surface area contributed by atoms with Gasteiger partial charge < -0.3 is 9.80 Å². The van der Waals surface area contributed by atoms with Gasteiger partial charge in [0, 0.05) is 30.4 Å². The monoisotopic (exact) mass is 301 g/mol. The Hall–Kier alpha value is -2.21. The maximum atomic E-state index is 12.3. The molecule has 0 atom stereocenters. The Bertz CT molecular complexity index is 652. The lowest BCUT2D eigenvalue weighted by atomic mass is 10.2. The molecule has 1 saturated heterocycles. The number of aromatic nitrogens is 1. The van der Waals surface area contributed by atoms with Crippen molar-refractivity contribution in [1.29, 1.82) is 0 Å². The van der Waals surface area contributed by atoms with Gasteiger partial charge in [0.15, 0.2) is 5.01 Å². The number of rotatable bonds is 2. The van der Waals surface area contributed by atoms with E-state index in [9.17, 15) is 9.59 Å². The summed E-state index contributed by atoms with van der Waals surface area (Å²) >= 11 is 1.30. The molecule has 1 fully saturated rings. The van der Waals surface area contributed by atoms with Crippen molar-refractivity contribution in [3.8, 4) is 0 Å². The van der Waals surface area contributed by atoms with E-state index in [0.29, 0.717) is 18.1 Å². The van der Waals surface area contributed by atoms with Gasteiger partial charge in [0.05, 0.1) is 0 Å². The first-order chi connectivity index (χ1) is 10.1. The van der Waals surface area contributed by atoms with Gasteiger partial charge in [-0.3, -0.25) is 9.59 Å². The average Bonchev–Trinajstić information content (AvgIpc) is 3.02. The van der Waals surface area contributed by atoms with E-state index >= 15 is 0 Å². The fourth-order valence-electron chi connectivity index (χ4n) is 2.31. The van der Waals surface area contributed by atoms with Crippen LogP contribution in [0, 0.1) is 6.92 Å². The molecule has 0 N–H and O–H groups in total. The number of benzene rings is 1. The Morgan fingerprint density at radius 2 is 2.00 bits per heavy atom. The highest BCUT2D eigenvalue weighted by Gasteiger charge is 2.29. The van der Waals surface area contributed by atoms with E-state index < -0.39 is 0 Å². The second-order valence-electron chi connectivity index (χ2n) is 4.94. The van der Waals surface area contributed by atoms with Gasteiger partial charge in [-0.25, -0.2) is 4.98 Å². The smallest absolute Gasteiger partial charge is 0.283 e. The van der Waals surface area contributed by atoms with Crippen LogP contribution in [0.1, 0.15) is 15.4 Å². The number of nitrogens with zero attached hydrogens (tertiary/aromatic N) is 3. The summed E-state index contributed by atoms with van der Waals surface area (Å²) in [5, 5.41) is 2.20. The van der Waals surface area contributed by atoms with Gasteiger partial charge in [-0.1, -0.05) is 17.7 Å². The van der Waals surface area contributed by atoms with Crippen LogP contribution in [0.4, 0.5) is 5.69 Å². The van der Waals surface area contributed by atoms with Crippen LogP contribution in [0.15, 0.2) is 35.8 Å². The van der Waals surface area contributed by atoms with E-state index in [-0.39, 0.29) is 18.4 Å². The Labute approximate surface area is 126 Å². The zero-order valence-corrected chi connectivity index (χ0v) is 12.5. The molecule has 1 aliphatic heterocycles. The fraction of sp³-hybridized carbons (Fsp3) is 0.267. The predicted octanol–water partition coefficient (Wildman–Crippen LogP) is 1.94. The number of carbonyl (C=O) groups is 2. The molecule has 6 heteroatoms. The first kappa shape index (κ1) is 13.8. The molecule has 0 aliphatic carbocycles. The summed E-state index contributed by atoms with van der Waals surface area (Å²) in [6.07, 6.45) is 1.60. The molecule has 0 saturated carbocycles. The van der Waals surface area contributed by atoms with Crippen LogP contribution in [-0.4, -0.2) is 41.3 Å². The minimum Gasteiger partial charge on any atom is -0.325 e. The minimum atomic E-state index is -0.165. The Morgan fingerprint density at radius 1 is 1.24 bits per heavy atom. The second-order valence-corrected chi connectivity index (χ2v) is 5.84. The molecule has 0 unspecified atom stereocenters. The standard InChI is InChI=1S/C15H15N3O2S/c1-11-2-4-12(5-3-11)18-8-7-17(10-13(18)19)15(20)14-16-6-9-21-14/h2-6,9H,7-8,10H2,1H3. The van der Waals surface area contributed by atoms with Crippen LogP contribution >= 0.6 is 11.3 Å². The van der Waals surface area contributed by atoms with Crippen molar-refractivity contribution in [2.75, 3.05) is 24.5 Å². The molecule has 0 bridgehead atoms. The number of anilines is 1. The Kier molecular flexibility index (Phi) is 3.70. The summed E-state index contributed by atoms with van der Waals surface area (Å²) in [5.41, 5.74) is 2.04. The molecule has 1 aliphatic rings. The fourth-order valence-corrected chi connectivity index (χ4v) is 2.91. The summed E-state index contributed by atoms with van der Waals surface area (Å²) < 4.78 is 0. The van der Waals surface area contributed by atoms with Gasteiger partial charge in [0.25, 0.3) is 5.91 Å². The summed E-state index contributed by atoms with van der Waals surface area (Å²) in [4.78, 5) is 31.8. The highest BCUT2D eigenvalue weighted by molar-refractivity contribution is 7.11. The Morgan fingerprint density at radius 3 is 2.62 bits per heavy atom. The van der Waals surface area contributed by atoms with Gasteiger partial charge in [-0.05, 0) is 19.1 Å². The highest BCUT2D eigenvalue weighted by atomic mass is 32.1. The largest absolute Gasteiger partial charge is 0.325 e. The lowest BCUT2D eigenvalue weighted by Gasteiger charge is -2.34. The van der Waals surface area contributed by atoms with Crippen molar-refractivity contribution < 1.29 is 9.59 Å². The van der Waals surface area contributed by atoms with Gasteiger partial charge in [-0.2, -0.15) is 0 Å². The number of aryl methyl sites for hydroxylation is 1. The lowest BCUT2D eigenvalue weighted by molar-refractivity contribution is -0.120. The van der Waals surface area contributed by atoms with E-state index in [1.807, 2.05) is 31.2 Å². The first-order valence-corrected chi connectivity index (χ1v) is 7.59. The molecule has 108 valence electrons. The maximum Gasteiger partial charge on any atom is 0.283 e. The third-order valence-corrected chi connectivity index (χ3v) is 4.23. The molecular weight excluding hydrogens is 286 g/mol. The number of thiazole rings is 1. The molecular formula is C15H15N3O2S. The van der Waals surface area contributed by atoms with Crippen LogP contribution < -0.4 is 4.90 Å². The summed E-state index contributed by atoms with van der Waals surface area (Å²) in [7, 11) is 0. The second kappa shape index (κ2) is 5.65. The molecule has 1 aromatic heterocycles. The molecule has 5 nitrogen and oxygen atoms in total. The SMILES string of the molecule is Cc1ccc(N2CCN(C(=O)c3nccs3)CC2=O)cc1. The molecule has 2 heterocycles. The van der Waals surface area contributed by atoms with E-state index in [4.69, 9.17) is 0 Å². The summed E-state index contributed by atoms with van der Waals surface area (Å²) in [6.45, 7) is 3.15. The zero-order valence-electron chi connectivity index (χ0n) is 11.7. The van der Waals surface area contributed by atoms with Gasteiger partial charge in [0.1, 0.15) is 6.54 Å². The van der Waals surface area contributed by atoms with Gasteiger partial charge in [-0.15, -0.1) is 11.3 Å². The topological polar surface area (TPSA) is 53.5 Å². The number of hydrogen-bond donors (Lipinski definition) is 0. The third kappa shape index (κ3) is 2.80. The molecule has 0 radical (unpaired) electrons. The highest BCUT2D eigenvalue weighted by Crippen LogP contribution is 2.19. The number of piperazine rings is 1. The van der Waals surface area contributed by atoms with Crippen molar-refractivity contribution in [1.82, 2.24) is 9.88 Å². The molecule has 0 spiro atoms. The number of amides is 2. The van der Waals surface area contributed by atoms with Crippen LogP contribution in [0.25, 0.3) is 0 Å². The molecule has 2 aromatic rings. The number of carbonyl (C=O) groups excluding carboxylic acids is 2. The molecule has 1 aromatic carbocycles. The normalized spacial score (nSPS) is 15.4. The molecule has 21 heavy (non-hydrogen) atoms. The van der Waals surface area contributed by atoms with Crippen LogP contribution in [-0.2, 0) is 4.79 Å². The van der Waals surface area contributed by atoms with E-state index in [0.717, 1.165) is 11.3 Å². The lowest BCUT2D eigenvalue weighted by Crippen LogP contribution is -2.52. The Balaban J connectivity index is 1.71. The molecule has 2 amide bonds. The van der Waals surface area contributed by atoms with Crippen molar-refractivity contribution in [2.24, 2.45) is 0 Å². The van der Waals surface area contributed by atoms with Crippen molar-refractivity contribution in [2.45, 2.75) is 6.92 Å². The average molecular weight is 301 g/mol. The third-order valence-electron chi connectivity index (χ3n) is 3.47. The van der Waals surface area contributed by atoms with Gasteiger partial charge >= 0.3 is 0 Å². The van der Waals surface area contributed by atoms with Gasteiger partial charge in [0.2, 0.25) is 5.91 Å². The summed E-state index contributed by atoms with van der Waals surface area (Å²) in [5.74, 6) is -0.225.